The van der Waals surface area contributed by atoms with Crippen molar-refractivity contribution in [2.24, 2.45) is 0 Å². The molecule has 0 saturated heterocycles. The Bertz CT molecular complexity index is 1040. The van der Waals surface area contributed by atoms with Gasteiger partial charge < -0.3 is 4.98 Å². The molecule has 26 heavy (non-hydrogen) atoms. The minimum atomic E-state index is -0.322. The van der Waals surface area contributed by atoms with Gasteiger partial charge in [-0.3, -0.25) is 10.1 Å². The largest absolute Gasteiger partial charge is 0.353 e. The summed E-state index contributed by atoms with van der Waals surface area (Å²) >= 11 is 0. The predicted octanol–water partition coefficient (Wildman–Crippen LogP) is 5.55. The van der Waals surface area contributed by atoms with Crippen LogP contribution in [0.2, 0.25) is 0 Å². The van der Waals surface area contributed by atoms with Crippen molar-refractivity contribution in [2.45, 2.75) is 0 Å². The predicted molar refractivity (Wildman–Crippen MR) is 105 cm³/mol. The van der Waals surface area contributed by atoms with E-state index < -0.39 is 0 Å². The summed E-state index contributed by atoms with van der Waals surface area (Å²) in [6, 6.07) is 19.6. The van der Waals surface area contributed by atoms with Crippen LogP contribution in [0.3, 0.4) is 0 Å². The Kier molecular flexibility index (Phi) is 4.07. The van der Waals surface area contributed by atoms with Gasteiger partial charge in [0.25, 0.3) is 5.70 Å². The van der Waals surface area contributed by atoms with Gasteiger partial charge in [0.05, 0.1) is 21.9 Å². The molecule has 0 saturated carbocycles. The number of aromatic amines is 1. The second-order valence-electron chi connectivity index (χ2n) is 5.95. The second-order valence-corrected chi connectivity index (χ2v) is 5.95. The smallest absolute Gasteiger partial charge is 0.279 e. The first kappa shape index (κ1) is 15.8. The van der Waals surface area contributed by atoms with Crippen LogP contribution in [0, 0.1) is 10.1 Å². The van der Waals surface area contributed by atoms with Crippen LogP contribution in [0.4, 0.5) is 0 Å². The van der Waals surface area contributed by atoms with Crippen LogP contribution in [-0.2, 0) is 0 Å². The van der Waals surface area contributed by atoms with Gasteiger partial charge in [0.15, 0.2) is 0 Å². The molecule has 0 radical (unpaired) electrons. The third-order valence-corrected chi connectivity index (χ3v) is 4.36. The molecule has 1 aliphatic rings. The normalized spacial score (nSPS) is 12.8. The average Bonchev–Trinajstić information content (AvgIpc) is 3.01. The van der Waals surface area contributed by atoms with Gasteiger partial charge in [-0.1, -0.05) is 85.0 Å². The van der Waals surface area contributed by atoms with Crippen LogP contribution in [0.5, 0.6) is 0 Å². The van der Waals surface area contributed by atoms with Gasteiger partial charge in [-0.15, -0.1) is 0 Å². The number of aromatic nitrogens is 1. The Morgan fingerprint density at radius 1 is 0.769 bits per heavy atom. The van der Waals surface area contributed by atoms with E-state index in [1.165, 1.54) is 0 Å². The van der Waals surface area contributed by atoms with Crippen LogP contribution >= 0.6 is 0 Å². The molecule has 0 fully saturated rings. The first-order valence-electron chi connectivity index (χ1n) is 8.32. The molecule has 1 N–H and O–H groups in total. The van der Waals surface area contributed by atoms with Crippen molar-refractivity contribution in [3.8, 4) is 22.5 Å². The van der Waals surface area contributed by atoms with E-state index in [9.17, 15) is 10.1 Å². The molecule has 1 heterocycles. The van der Waals surface area contributed by atoms with Crippen molar-refractivity contribution in [1.82, 2.24) is 4.98 Å². The van der Waals surface area contributed by atoms with E-state index in [-0.39, 0.29) is 10.6 Å². The van der Waals surface area contributed by atoms with Crippen LogP contribution in [-0.4, -0.2) is 9.91 Å². The summed E-state index contributed by atoms with van der Waals surface area (Å²) in [5, 5.41) is 11.8. The van der Waals surface area contributed by atoms with Crippen molar-refractivity contribution in [2.75, 3.05) is 0 Å². The van der Waals surface area contributed by atoms with E-state index in [4.69, 9.17) is 0 Å². The van der Waals surface area contributed by atoms with Gasteiger partial charge in [-0.05, 0) is 11.1 Å². The molecule has 0 spiro atoms. The van der Waals surface area contributed by atoms with Crippen molar-refractivity contribution < 1.29 is 4.92 Å². The van der Waals surface area contributed by atoms with Gasteiger partial charge in [0.2, 0.25) is 0 Å². The highest BCUT2D eigenvalue weighted by molar-refractivity contribution is 5.91. The summed E-state index contributed by atoms with van der Waals surface area (Å²) in [5.74, 6) is 0. The Labute approximate surface area is 151 Å². The third kappa shape index (κ3) is 2.78. The number of benzene rings is 2. The summed E-state index contributed by atoms with van der Waals surface area (Å²) in [5.41, 5.74) is 5.04. The summed E-state index contributed by atoms with van der Waals surface area (Å²) in [6.07, 6.45) is 8.88. The minimum Gasteiger partial charge on any atom is -0.353 e. The number of hydrogen-bond donors (Lipinski definition) is 1. The maximum Gasteiger partial charge on any atom is 0.279 e. The Balaban J connectivity index is 2.06. The van der Waals surface area contributed by atoms with Crippen LogP contribution in [0.15, 0.2) is 85.0 Å². The van der Waals surface area contributed by atoms with Crippen LogP contribution < -0.4 is 0 Å². The Morgan fingerprint density at radius 3 is 2.00 bits per heavy atom. The molecular weight excluding hydrogens is 324 g/mol. The number of nitro groups is 1. The molecule has 2 aromatic carbocycles. The molecule has 4 rings (SSSR count). The zero-order valence-corrected chi connectivity index (χ0v) is 13.9. The fourth-order valence-corrected chi connectivity index (χ4v) is 3.20. The zero-order valence-electron chi connectivity index (χ0n) is 13.9. The van der Waals surface area contributed by atoms with E-state index >= 15 is 0 Å². The highest BCUT2D eigenvalue weighted by Gasteiger charge is 2.27. The fraction of sp³-hybridized carbons (Fsp3) is 0. The third-order valence-electron chi connectivity index (χ3n) is 4.36. The number of hydrogen-bond acceptors (Lipinski definition) is 2. The van der Waals surface area contributed by atoms with Crippen molar-refractivity contribution >= 4 is 11.8 Å². The van der Waals surface area contributed by atoms with Crippen molar-refractivity contribution in [3.05, 3.63) is 106 Å². The van der Waals surface area contributed by atoms with Gasteiger partial charge in [0, 0.05) is 11.6 Å². The number of nitrogens with one attached hydrogen (secondary N) is 1. The van der Waals surface area contributed by atoms with Crippen LogP contribution in [0.25, 0.3) is 34.3 Å². The molecule has 0 unspecified atom stereocenters. The van der Waals surface area contributed by atoms with Crippen LogP contribution in [0.1, 0.15) is 11.1 Å². The molecule has 0 atom stereocenters. The Morgan fingerprint density at radius 2 is 1.38 bits per heavy atom. The highest BCUT2D eigenvalue weighted by Crippen LogP contribution is 2.39. The SMILES string of the molecule is O=[N+]([O-])C1=CC=CC=Cc2c(-c3ccccc3)[nH]c(-c3ccccc3)c21. The quantitative estimate of drug-likeness (QED) is 0.502. The molecule has 1 aromatic heterocycles. The van der Waals surface area contributed by atoms with Crippen molar-refractivity contribution in [3.63, 3.8) is 0 Å². The molecule has 4 nitrogen and oxygen atoms in total. The standard InChI is InChI=1S/C22H16N2O2/c25-24(26)19-15-9-3-8-14-18-20(19)22(17-12-6-2-7-13-17)23-21(18)16-10-4-1-5-11-16/h1-15,23H. The lowest BCUT2D eigenvalue weighted by Gasteiger charge is -2.05. The van der Waals surface area contributed by atoms with Gasteiger partial charge in [0.1, 0.15) is 0 Å². The summed E-state index contributed by atoms with van der Waals surface area (Å²) in [4.78, 5) is 14.9. The number of H-pyrrole nitrogens is 1. The van der Waals surface area contributed by atoms with E-state index in [0.29, 0.717) is 5.56 Å². The first-order valence-corrected chi connectivity index (χ1v) is 8.32. The lowest BCUT2D eigenvalue weighted by molar-refractivity contribution is -0.375. The summed E-state index contributed by atoms with van der Waals surface area (Å²) in [6.45, 7) is 0. The topological polar surface area (TPSA) is 58.9 Å². The monoisotopic (exact) mass is 340 g/mol. The number of fused-ring (bicyclic) bond motifs is 1. The van der Waals surface area contributed by atoms with E-state index in [2.05, 4.69) is 4.98 Å². The molecule has 0 amide bonds. The molecule has 1 aliphatic carbocycles. The van der Waals surface area contributed by atoms with E-state index in [1.807, 2.05) is 72.8 Å². The lowest BCUT2D eigenvalue weighted by Crippen LogP contribution is -2.00. The summed E-state index contributed by atoms with van der Waals surface area (Å²) < 4.78 is 0. The number of allylic oxidation sites excluding steroid dienone is 4. The molecule has 0 bridgehead atoms. The summed E-state index contributed by atoms with van der Waals surface area (Å²) in [7, 11) is 0. The zero-order chi connectivity index (χ0) is 17.9. The first-order chi connectivity index (χ1) is 12.8. The Hall–Kier alpha value is -3.66. The minimum absolute atomic E-state index is 0.0814. The number of rotatable bonds is 3. The molecule has 4 heteroatoms. The maximum atomic E-state index is 11.8. The average molecular weight is 340 g/mol. The van der Waals surface area contributed by atoms with E-state index in [1.54, 1.807) is 18.2 Å². The molecule has 3 aromatic rings. The van der Waals surface area contributed by atoms with Crippen molar-refractivity contribution in [1.29, 1.82) is 0 Å². The fourth-order valence-electron chi connectivity index (χ4n) is 3.20. The maximum absolute atomic E-state index is 11.8. The lowest BCUT2D eigenvalue weighted by atomic mass is 9.97. The molecular formula is C22H16N2O2. The second kappa shape index (κ2) is 6.69. The highest BCUT2D eigenvalue weighted by atomic mass is 16.6. The molecule has 0 aliphatic heterocycles. The van der Waals surface area contributed by atoms with Gasteiger partial charge >= 0.3 is 0 Å². The van der Waals surface area contributed by atoms with Gasteiger partial charge in [-0.25, -0.2) is 0 Å². The van der Waals surface area contributed by atoms with E-state index in [0.717, 1.165) is 28.1 Å². The molecule has 126 valence electrons. The van der Waals surface area contributed by atoms with Gasteiger partial charge in [-0.2, -0.15) is 0 Å². The number of nitrogens with zero attached hydrogens (tertiary/aromatic N) is 1.